The fourth-order valence-electron chi connectivity index (χ4n) is 2.65. The molecule has 1 saturated carbocycles. The lowest BCUT2D eigenvalue weighted by Gasteiger charge is -2.21. The first-order valence-corrected chi connectivity index (χ1v) is 7.03. The second-order valence-corrected chi connectivity index (χ2v) is 5.21. The van der Waals surface area contributed by atoms with E-state index in [4.69, 9.17) is 9.47 Å². The summed E-state index contributed by atoms with van der Waals surface area (Å²) in [4.78, 5) is 10.7. The minimum absolute atomic E-state index is 0.156. The van der Waals surface area contributed by atoms with Crippen LogP contribution in [0, 0.1) is 0 Å². The number of methoxy groups -OCH3 is 1. The quantitative estimate of drug-likeness (QED) is 0.733. The molecule has 1 aliphatic rings. The van der Waals surface area contributed by atoms with Crippen LogP contribution < -0.4 is 9.47 Å². The monoisotopic (exact) mass is 262 g/mol. The number of hydrogen-bond acceptors (Lipinski definition) is 3. The van der Waals surface area contributed by atoms with Crippen LogP contribution in [-0.2, 0) is 4.79 Å². The zero-order valence-electron chi connectivity index (χ0n) is 11.7. The maximum absolute atomic E-state index is 10.7. The predicted octanol–water partition coefficient (Wildman–Crippen LogP) is 3.71. The summed E-state index contributed by atoms with van der Waals surface area (Å²) in [5, 5.41) is 0. The molecule has 104 valence electrons. The van der Waals surface area contributed by atoms with Crippen LogP contribution in [0.15, 0.2) is 18.2 Å². The third-order valence-corrected chi connectivity index (χ3v) is 3.80. The molecule has 0 saturated heterocycles. The Morgan fingerprint density at radius 1 is 1.37 bits per heavy atom. The van der Waals surface area contributed by atoms with Crippen molar-refractivity contribution in [1.82, 2.24) is 0 Å². The van der Waals surface area contributed by atoms with Crippen molar-refractivity contribution < 1.29 is 14.3 Å². The van der Waals surface area contributed by atoms with E-state index >= 15 is 0 Å². The van der Waals surface area contributed by atoms with Crippen molar-refractivity contribution in [2.45, 2.75) is 51.0 Å². The second kappa shape index (κ2) is 6.60. The number of aldehydes is 1. The average Bonchev–Trinajstić information content (AvgIpc) is 2.92. The summed E-state index contributed by atoms with van der Waals surface area (Å²) in [6.45, 7) is 2.05. The Hall–Kier alpha value is -1.51. The van der Waals surface area contributed by atoms with E-state index < -0.39 is 0 Å². The molecule has 0 bridgehead atoms. The van der Waals surface area contributed by atoms with E-state index in [9.17, 15) is 4.79 Å². The van der Waals surface area contributed by atoms with Crippen LogP contribution in [0.1, 0.15) is 50.5 Å². The molecule has 19 heavy (non-hydrogen) atoms. The number of rotatable bonds is 6. The van der Waals surface area contributed by atoms with Crippen LogP contribution in [0.2, 0.25) is 0 Å². The van der Waals surface area contributed by atoms with Crippen molar-refractivity contribution in [2.24, 2.45) is 0 Å². The lowest BCUT2D eigenvalue weighted by Crippen LogP contribution is -2.13. The molecule has 0 heterocycles. The second-order valence-electron chi connectivity index (χ2n) is 5.21. The van der Waals surface area contributed by atoms with Gasteiger partial charge in [0.15, 0.2) is 11.5 Å². The van der Waals surface area contributed by atoms with E-state index in [0.717, 1.165) is 36.2 Å². The van der Waals surface area contributed by atoms with Crippen molar-refractivity contribution in [1.29, 1.82) is 0 Å². The molecule has 0 spiro atoms. The third kappa shape index (κ3) is 3.28. The Labute approximate surface area is 114 Å². The first-order valence-electron chi connectivity index (χ1n) is 7.03. The number of benzene rings is 1. The smallest absolute Gasteiger partial charge is 0.165 e. The highest BCUT2D eigenvalue weighted by atomic mass is 16.5. The number of hydrogen-bond donors (Lipinski definition) is 0. The van der Waals surface area contributed by atoms with Gasteiger partial charge in [-0.05, 0) is 37.7 Å². The molecule has 0 aromatic heterocycles. The Morgan fingerprint density at radius 3 is 2.74 bits per heavy atom. The average molecular weight is 262 g/mol. The van der Waals surface area contributed by atoms with Crippen LogP contribution in [0.3, 0.4) is 0 Å². The van der Waals surface area contributed by atoms with Gasteiger partial charge in [-0.3, -0.25) is 0 Å². The molecule has 2 rings (SSSR count). The molecule has 0 N–H and O–H groups in total. The Bertz CT molecular complexity index is 422. The van der Waals surface area contributed by atoms with Gasteiger partial charge in [0.05, 0.1) is 13.2 Å². The van der Waals surface area contributed by atoms with Crippen LogP contribution in [-0.4, -0.2) is 19.5 Å². The first kappa shape index (κ1) is 13.9. The van der Waals surface area contributed by atoms with Gasteiger partial charge in [-0.2, -0.15) is 0 Å². The summed E-state index contributed by atoms with van der Waals surface area (Å²) < 4.78 is 11.6. The number of carbonyl (C=O) groups excluding carboxylic acids is 1. The van der Waals surface area contributed by atoms with Crippen molar-refractivity contribution in [3.63, 3.8) is 0 Å². The molecular formula is C16H22O3. The van der Waals surface area contributed by atoms with Crippen LogP contribution in [0.5, 0.6) is 11.5 Å². The maximum atomic E-state index is 10.7. The molecule has 1 atom stereocenters. The minimum Gasteiger partial charge on any atom is -0.493 e. The highest BCUT2D eigenvalue weighted by molar-refractivity contribution is 5.55. The number of para-hydroxylation sites is 1. The molecule has 0 aliphatic heterocycles. The molecule has 1 aromatic rings. The summed E-state index contributed by atoms with van der Waals surface area (Å²) in [7, 11) is 1.66. The van der Waals surface area contributed by atoms with E-state index in [1.807, 2.05) is 25.1 Å². The van der Waals surface area contributed by atoms with Crippen molar-refractivity contribution in [2.75, 3.05) is 7.11 Å². The molecule has 1 aromatic carbocycles. The van der Waals surface area contributed by atoms with Gasteiger partial charge in [0.2, 0.25) is 0 Å². The van der Waals surface area contributed by atoms with E-state index in [0.29, 0.717) is 12.5 Å². The standard InChI is InChI=1S/C16H22O3/c1-12(10-11-17)14-8-5-9-15(18-2)16(14)19-13-6-3-4-7-13/h5,8-9,11-13H,3-4,6-7,10H2,1-2H3. The molecule has 1 unspecified atom stereocenters. The lowest BCUT2D eigenvalue weighted by molar-refractivity contribution is -0.108. The molecule has 1 aliphatic carbocycles. The Balaban J connectivity index is 2.27. The van der Waals surface area contributed by atoms with E-state index in [-0.39, 0.29) is 5.92 Å². The molecule has 3 nitrogen and oxygen atoms in total. The fraction of sp³-hybridized carbons (Fsp3) is 0.562. The van der Waals surface area contributed by atoms with Gasteiger partial charge in [0, 0.05) is 12.0 Å². The molecular weight excluding hydrogens is 240 g/mol. The van der Waals surface area contributed by atoms with Gasteiger partial charge in [0.25, 0.3) is 0 Å². The third-order valence-electron chi connectivity index (χ3n) is 3.80. The fourth-order valence-corrected chi connectivity index (χ4v) is 2.65. The highest BCUT2D eigenvalue weighted by Gasteiger charge is 2.22. The Kier molecular flexibility index (Phi) is 4.83. The molecule has 0 radical (unpaired) electrons. The molecule has 1 fully saturated rings. The van der Waals surface area contributed by atoms with Crippen LogP contribution >= 0.6 is 0 Å². The van der Waals surface area contributed by atoms with Gasteiger partial charge in [0.1, 0.15) is 6.29 Å². The summed E-state index contributed by atoms with van der Waals surface area (Å²) in [5.41, 5.74) is 1.07. The van der Waals surface area contributed by atoms with Crippen LogP contribution in [0.25, 0.3) is 0 Å². The van der Waals surface area contributed by atoms with Crippen LogP contribution in [0.4, 0.5) is 0 Å². The predicted molar refractivity (Wildman–Crippen MR) is 75.0 cm³/mol. The van der Waals surface area contributed by atoms with E-state index in [1.54, 1.807) is 7.11 Å². The zero-order valence-corrected chi connectivity index (χ0v) is 11.7. The van der Waals surface area contributed by atoms with Gasteiger partial charge in [-0.1, -0.05) is 19.1 Å². The topological polar surface area (TPSA) is 35.5 Å². The van der Waals surface area contributed by atoms with Gasteiger partial charge < -0.3 is 14.3 Å². The summed E-state index contributed by atoms with van der Waals surface area (Å²) in [5.74, 6) is 1.75. The number of carbonyl (C=O) groups is 1. The van der Waals surface area contributed by atoms with Crippen molar-refractivity contribution >= 4 is 6.29 Å². The molecule has 3 heteroatoms. The normalized spacial score (nSPS) is 17.2. The SMILES string of the molecule is COc1cccc(C(C)CC=O)c1OC1CCCC1. The summed E-state index contributed by atoms with van der Waals surface area (Å²) in [6, 6.07) is 5.90. The van der Waals surface area contributed by atoms with Crippen molar-refractivity contribution in [3.8, 4) is 11.5 Å². The van der Waals surface area contributed by atoms with E-state index in [1.165, 1.54) is 12.8 Å². The Morgan fingerprint density at radius 2 is 2.11 bits per heavy atom. The van der Waals surface area contributed by atoms with Gasteiger partial charge in [-0.15, -0.1) is 0 Å². The van der Waals surface area contributed by atoms with Crippen molar-refractivity contribution in [3.05, 3.63) is 23.8 Å². The number of ether oxygens (including phenoxy) is 2. The van der Waals surface area contributed by atoms with Gasteiger partial charge >= 0.3 is 0 Å². The summed E-state index contributed by atoms with van der Waals surface area (Å²) in [6.07, 6.45) is 6.45. The summed E-state index contributed by atoms with van der Waals surface area (Å²) >= 11 is 0. The zero-order chi connectivity index (χ0) is 13.7. The van der Waals surface area contributed by atoms with E-state index in [2.05, 4.69) is 0 Å². The van der Waals surface area contributed by atoms with Gasteiger partial charge in [-0.25, -0.2) is 0 Å². The highest BCUT2D eigenvalue weighted by Crippen LogP contribution is 2.38. The lowest BCUT2D eigenvalue weighted by atomic mass is 9.97. The first-order chi connectivity index (χ1) is 9.26. The minimum atomic E-state index is 0.156. The maximum Gasteiger partial charge on any atom is 0.165 e. The largest absolute Gasteiger partial charge is 0.493 e. The molecule has 0 amide bonds.